The molecule has 0 aromatic heterocycles. The maximum atomic E-state index is 12.4. The monoisotopic (exact) mass is 268 g/mol. The second-order valence-corrected chi connectivity index (χ2v) is 6.68. The van der Waals surface area contributed by atoms with Crippen LogP contribution in [-0.4, -0.2) is 37.1 Å². The molecule has 5 heteroatoms. The fraction of sp³-hybridized carbons (Fsp3) is 0.857. The molecule has 0 bridgehead atoms. The lowest BCUT2D eigenvalue weighted by molar-refractivity contribution is -0.168. The first-order valence-electron chi connectivity index (χ1n) is 7.03. The molecule has 108 valence electrons. The topological polar surface area (TPSA) is 67.4 Å². The Morgan fingerprint density at radius 1 is 1.32 bits per heavy atom. The van der Waals surface area contributed by atoms with Crippen LogP contribution in [0.4, 0.5) is 0 Å². The van der Waals surface area contributed by atoms with Gasteiger partial charge in [0.25, 0.3) is 0 Å². The Labute approximate surface area is 114 Å². The molecule has 2 heterocycles. The zero-order valence-corrected chi connectivity index (χ0v) is 12.0. The average Bonchev–Trinajstić information content (AvgIpc) is 2.27. The second kappa shape index (κ2) is 5.12. The minimum Gasteiger partial charge on any atom is -0.460 e. The van der Waals surface area contributed by atoms with E-state index in [-0.39, 0.29) is 23.2 Å². The van der Waals surface area contributed by atoms with Crippen molar-refractivity contribution in [3.05, 3.63) is 0 Å². The molecule has 0 aromatic rings. The van der Waals surface area contributed by atoms with Crippen molar-refractivity contribution >= 4 is 11.9 Å². The van der Waals surface area contributed by atoms with Gasteiger partial charge in [-0.25, -0.2) is 0 Å². The van der Waals surface area contributed by atoms with E-state index < -0.39 is 5.60 Å². The number of piperidine rings is 2. The fourth-order valence-electron chi connectivity index (χ4n) is 3.09. The van der Waals surface area contributed by atoms with Crippen molar-refractivity contribution in [3.63, 3.8) is 0 Å². The van der Waals surface area contributed by atoms with Crippen LogP contribution >= 0.6 is 0 Å². The third kappa shape index (κ3) is 3.26. The molecule has 1 atom stereocenters. The van der Waals surface area contributed by atoms with Crippen LogP contribution in [0.1, 0.15) is 40.0 Å². The summed E-state index contributed by atoms with van der Waals surface area (Å²) in [5, 5.41) is 6.11. The minimum atomic E-state index is -0.480. The highest BCUT2D eigenvalue weighted by molar-refractivity contribution is 5.83. The molecule has 2 N–H and O–H groups in total. The first-order chi connectivity index (χ1) is 8.82. The Kier molecular flexibility index (Phi) is 3.85. The van der Waals surface area contributed by atoms with Crippen molar-refractivity contribution in [3.8, 4) is 0 Å². The van der Waals surface area contributed by atoms with E-state index in [1.54, 1.807) is 0 Å². The summed E-state index contributed by atoms with van der Waals surface area (Å²) in [7, 11) is 0. The summed E-state index contributed by atoms with van der Waals surface area (Å²) in [6, 6.07) is 0. The van der Waals surface area contributed by atoms with Crippen molar-refractivity contribution in [1.29, 1.82) is 0 Å². The molecule has 1 unspecified atom stereocenters. The second-order valence-electron chi connectivity index (χ2n) is 6.68. The lowest BCUT2D eigenvalue weighted by Gasteiger charge is -2.45. The number of hydrogen-bond donors (Lipinski definition) is 2. The maximum Gasteiger partial charge on any atom is 0.311 e. The predicted molar refractivity (Wildman–Crippen MR) is 71.5 cm³/mol. The largest absolute Gasteiger partial charge is 0.460 e. The van der Waals surface area contributed by atoms with Gasteiger partial charge in [0.1, 0.15) is 5.60 Å². The van der Waals surface area contributed by atoms with E-state index in [0.29, 0.717) is 13.0 Å². The van der Waals surface area contributed by atoms with Crippen LogP contribution in [-0.2, 0) is 14.3 Å². The number of carbonyl (C=O) groups excluding carboxylic acids is 2. The van der Waals surface area contributed by atoms with E-state index in [2.05, 4.69) is 10.6 Å². The average molecular weight is 268 g/mol. The summed E-state index contributed by atoms with van der Waals surface area (Å²) in [4.78, 5) is 24.1. The molecule has 2 aliphatic heterocycles. The molecular weight excluding hydrogens is 244 g/mol. The van der Waals surface area contributed by atoms with Crippen LogP contribution in [0, 0.1) is 11.3 Å². The summed E-state index contributed by atoms with van der Waals surface area (Å²) in [6.07, 6.45) is 2.17. The zero-order valence-electron chi connectivity index (χ0n) is 12.0. The Bertz CT molecular complexity index is 367. The summed E-state index contributed by atoms with van der Waals surface area (Å²) in [5.41, 5.74) is -0.692. The van der Waals surface area contributed by atoms with Crippen LogP contribution in [0.2, 0.25) is 0 Å². The van der Waals surface area contributed by atoms with E-state index in [9.17, 15) is 9.59 Å². The normalized spacial score (nSPS) is 26.9. The van der Waals surface area contributed by atoms with Gasteiger partial charge in [-0.1, -0.05) is 0 Å². The van der Waals surface area contributed by atoms with Gasteiger partial charge in [0, 0.05) is 13.0 Å². The van der Waals surface area contributed by atoms with Crippen LogP contribution in [0.15, 0.2) is 0 Å². The lowest BCUT2D eigenvalue weighted by Crippen LogP contribution is -2.55. The molecule has 5 nitrogen and oxygen atoms in total. The van der Waals surface area contributed by atoms with E-state index >= 15 is 0 Å². The molecule has 2 rings (SSSR count). The summed E-state index contributed by atoms with van der Waals surface area (Å²) < 4.78 is 5.53. The summed E-state index contributed by atoms with van der Waals surface area (Å²) in [5.74, 6) is -0.331. The highest BCUT2D eigenvalue weighted by Crippen LogP contribution is 2.43. The Morgan fingerprint density at radius 3 is 2.53 bits per heavy atom. The maximum absolute atomic E-state index is 12.4. The van der Waals surface area contributed by atoms with Gasteiger partial charge >= 0.3 is 5.97 Å². The molecule has 0 aliphatic carbocycles. The summed E-state index contributed by atoms with van der Waals surface area (Å²) in [6.45, 7) is 7.77. The van der Waals surface area contributed by atoms with E-state index in [0.717, 1.165) is 25.9 Å². The molecule has 19 heavy (non-hydrogen) atoms. The van der Waals surface area contributed by atoms with Gasteiger partial charge in [0.2, 0.25) is 5.91 Å². The molecule has 2 fully saturated rings. The molecule has 1 spiro atoms. The third-order valence-corrected chi connectivity index (χ3v) is 4.05. The number of rotatable bonds is 1. The number of esters is 1. The van der Waals surface area contributed by atoms with Crippen LogP contribution in [0.25, 0.3) is 0 Å². The molecular formula is C14H24N2O3. The quantitative estimate of drug-likeness (QED) is 0.691. The van der Waals surface area contributed by atoms with Gasteiger partial charge in [-0.3, -0.25) is 9.59 Å². The smallest absolute Gasteiger partial charge is 0.311 e. The van der Waals surface area contributed by atoms with Crippen molar-refractivity contribution in [2.75, 3.05) is 19.6 Å². The highest BCUT2D eigenvalue weighted by atomic mass is 16.6. The van der Waals surface area contributed by atoms with E-state index in [1.165, 1.54) is 0 Å². The standard InChI is InChI=1S/C14H24N2O3/c1-13(2,3)19-12(18)10-9-16-11(17)8-14(10)4-6-15-7-5-14/h10,15H,4-9H2,1-3H3,(H,16,17). The summed E-state index contributed by atoms with van der Waals surface area (Å²) >= 11 is 0. The Hall–Kier alpha value is -1.10. The van der Waals surface area contributed by atoms with Gasteiger partial charge in [-0.2, -0.15) is 0 Å². The SMILES string of the molecule is CC(C)(C)OC(=O)C1CNC(=O)CC12CCNCC2. The van der Waals surface area contributed by atoms with Gasteiger partial charge < -0.3 is 15.4 Å². The van der Waals surface area contributed by atoms with Crippen LogP contribution in [0.3, 0.4) is 0 Å². The van der Waals surface area contributed by atoms with Crippen molar-refractivity contribution in [2.24, 2.45) is 11.3 Å². The van der Waals surface area contributed by atoms with Gasteiger partial charge in [0.05, 0.1) is 5.92 Å². The van der Waals surface area contributed by atoms with Crippen molar-refractivity contribution < 1.29 is 14.3 Å². The molecule has 0 radical (unpaired) electrons. The minimum absolute atomic E-state index is 0.0571. The van der Waals surface area contributed by atoms with Crippen molar-refractivity contribution in [2.45, 2.75) is 45.6 Å². The zero-order chi connectivity index (χ0) is 14.1. The van der Waals surface area contributed by atoms with E-state index in [1.807, 2.05) is 20.8 Å². The molecule has 0 aromatic carbocycles. The van der Waals surface area contributed by atoms with Crippen molar-refractivity contribution in [1.82, 2.24) is 10.6 Å². The van der Waals surface area contributed by atoms with E-state index in [4.69, 9.17) is 4.74 Å². The number of ether oxygens (including phenoxy) is 1. The first kappa shape index (κ1) is 14.3. The number of nitrogens with one attached hydrogen (secondary N) is 2. The number of hydrogen-bond acceptors (Lipinski definition) is 4. The molecule has 2 aliphatic rings. The predicted octanol–water partition coefficient (Wildman–Crippen LogP) is 0.834. The van der Waals surface area contributed by atoms with Crippen LogP contribution in [0.5, 0.6) is 0 Å². The third-order valence-electron chi connectivity index (χ3n) is 4.05. The molecule has 2 saturated heterocycles. The fourth-order valence-corrected chi connectivity index (χ4v) is 3.09. The first-order valence-corrected chi connectivity index (χ1v) is 7.03. The lowest BCUT2D eigenvalue weighted by atomic mass is 9.65. The van der Waals surface area contributed by atoms with Gasteiger partial charge in [0.15, 0.2) is 0 Å². The van der Waals surface area contributed by atoms with Gasteiger partial charge in [-0.15, -0.1) is 0 Å². The van der Waals surface area contributed by atoms with Gasteiger partial charge in [-0.05, 0) is 52.1 Å². The molecule has 1 amide bonds. The number of amides is 1. The van der Waals surface area contributed by atoms with Crippen LogP contribution < -0.4 is 10.6 Å². The molecule has 0 saturated carbocycles. The number of carbonyl (C=O) groups is 2. The Balaban J connectivity index is 2.16. The highest BCUT2D eigenvalue weighted by Gasteiger charge is 2.49. The Morgan fingerprint density at radius 2 is 1.95 bits per heavy atom.